The maximum atomic E-state index is 12.9. The number of nitrogens with zero attached hydrogens (tertiary/aromatic N) is 1. The second kappa shape index (κ2) is 15.2. The third-order valence-electron chi connectivity index (χ3n) is 5.53. The molecule has 3 amide bonds. The average Bonchev–Trinajstić information content (AvgIpc) is 2.83. The van der Waals surface area contributed by atoms with Gasteiger partial charge in [-0.15, -0.1) is 0 Å². The number of phenolic OH excluding ortho intramolecular Hbond substituents is 1. The van der Waals surface area contributed by atoms with Crippen LogP contribution in [-0.2, 0) is 25.6 Å². The number of guanidine groups is 1. The standard InChI is InChI=1S/C23H37N7O6/c1-3-13(2)19(21(34)29-17(22(35)36)11-14-6-8-15(31)9-7-14)30-18(32)12-28-20(33)16(24)5-4-10-27-23(25)26/h6-9,13,16-17,19,31H,3-5,10-12,24H2,1-2H3,(H,28,33)(H,29,34)(H,30,32)(H,35,36)(H4,25,26,27). The Morgan fingerprint density at radius 3 is 2.25 bits per heavy atom. The lowest BCUT2D eigenvalue weighted by Crippen LogP contribution is -2.56. The molecule has 36 heavy (non-hydrogen) atoms. The first-order valence-electron chi connectivity index (χ1n) is 11.6. The molecule has 0 saturated carbocycles. The number of hydrogen-bond donors (Lipinski definition) is 8. The highest BCUT2D eigenvalue weighted by Gasteiger charge is 2.30. The molecule has 0 radical (unpaired) electrons. The minimum Gasteiger partial charge on any atom is -0.508 e. The van der Waals surface area contributed by atoms with Crippen LogP contribution in [0.15, 0.2) is 29.3 Å². The van der Waals surface area contributed by atoms with Crippen LogP contribution in [0.1, 0.15) is 38.7 Å². The molecule has 200 valence electrons. The van der Waals surface area contributed by atoms with E-state index in [-0.39, 0.29) is 24.0 Å². The van der Waals surface area contributed by atoms with Crippen molar-refractivity contribution in [1.29, 1.82) is 0 Å². The molecule has 0 aliphatic carbocycles. The monoisotopic (exact) mass is 507 g/mol. The van der Waals surface area contributed by atoms with Gasteiger partial charge in [0, 0.05) is 13.0 Å². The maximum Gasteiger partial charge on any atom is 0.326 e. The number of rotatable bonds is 15. The van der Waals surface area contributed by atoms with Crippen molar-refractivity contribution in [2.75, 3.05) is 13.1 Å². The summed E-state index contributed by atoms with van der Waals surface area (Å²) < 4.78 is 0. The predicted molar refractivity (Wildman–Crippen MR) is 134 cm³/mol. The average molecular weight is 508 g/mol. The molecule has 0 saturated heterocycles. The van der Waals surface area contributed by atoms with Crippen molar-refractivity contribution in [2.45, 2.75) is 57.7 Å². The Hall–Kier alpha value is -3.87. The lowest BCUT2D eigenvalue weighted by molar-refractivity contribution is -0.142. The number of benzene rings is 1. The van der Waals surface area contributed by atoms with E-state index in [4.69, 9.17) is 17.2 Å². The number of carboxylic acids is 1. The lowest BCUT2D eigenvalue weighted by Gasteiger charge is -2.25. The van der Waals surface area contributed by atoms with Gasteiger partial charge < -0.3 is 43.4 Å². The number of aliphatic imine (C=N–C) groups is 1. The molecular weight excluding hydrogens is 470 g/mol. The molecule has 1 rings (SSSR count). The molecule has 0 aromatic heterocycles. The lowest BCUT2D eigenvalue weighted by atomic mass is 9.97. The normalized spacial score (nSPS) is 14.0. The molecule has 0 fully saturated rings. The number of nitrogens with one attached hydrogen (secondary N) is 3. The number of carbonyl (C=O) groups excluding carboxylic acids is 3. The number of aromatic hydroxyl groups is 1. The quantitative estimate of drug-likeness (QED) is 0.0784. The van der Waals surface area contributed by atoms with Crippen molar-refractivity contribution in [3.05, 3.63) is 29.8 Å². The van der Waals surface area contributed by atoms with Crippen molar-refractivity contribution in [1.82, 2.24) is 16.0 Å². The number of nitrogens with two attached hydrogens (primary N) is 3. The number of carboxylic acid groups (broad SMARTS) is 1. The number of carbonyl (C=O) groups is 4. The summed E-state index contributed by atoms with van der Waals surface area (Å²) in [7, 11) is 0. The largest absolute Gasteiger partial charge is 0.508 e. The molecule has 0 spiro atoms. The fourth-order valence-corrected chi connectivity index (χ4v) is 3.20. The number of phenols is 1. The van der Waals surface area contributed by atoms with E-state index in [2.05, 4.69) is 20.9 Å². The van der Waals surface area contributed by atoms with E-state index in [1.807, 2.05) is 6.92 Å². The maximum absolute atomic E-state index is 12.9. The van der Waals surface area contributed by atoms with Gasteiger partial charge in [0.25, 0.3) is 0 Å². The van der Waals surface area contributed by atoms with Crippen molar-refractivity contribution in [2.24, 2.45) is 28.1 Å². The summed E-state index contributed by atoms with van der Waals surface area (Å²) in [5, 5.41) is 26.4. The molecule has 0 bridgehead atoms. The van der Waals surface area contributed by atoms with Gasteiger partial charge in [0.05, 0.1) is 12.6 Å². The zero-order chi connectivity index (χ0) is 27.3. The van der Waals surface area contributed by atoms with Crippen LogP contribution in [0.25, 0.3) is 0 Å². The topological polar surface area (TPSA) is 235 Å². The molecule has 1 aromatic carbocycles. The first-order valence-corrected chi connectivity index (χ1v) is 11.6. The molecule has 0 aliphatic heterocycles. The minimum absolute atomic E-state index is 0.0142. The molecule has 11 N–H and O–H groups in total. The Bertz CT molecular complexity index is 918. The van der Waals surface area contributed by atoms with Gasteiger partial charge in [0.1, 0.15) is 17.8 Å². The van der Waals surface area contributed by atoms with Gasteiger partial charge in [-0.05, 0) is 36.5 Å². The first kappa shape index (κ1) is 30.2. The van der Waals surface area contributed by atoms with Crippen LogP contribution in [-0.4, -0.2) is 71.1 Å². The second-order valence-electron chi connectivity index (χ2n) is 8.47. The molecular formula is C23H37N7O6. The van der Waals surface area contributed by atoms with Crippen LogP contribution in [0.3, 0.4) is 0 Å². The molecule has 0 heterocycles. The summed E-state index contributed by atoms with van der Waals surface area (Å²) in [4.78, 5) is 53.0. The Kier molecular flexibility index (Phi) is 12.7. The van der Waals surface area contributed by atoms with Crippen molar-refractivity contribution < 1.29 is 29.4 Å². The van der Waals surface area contributed by atoms with E-state index in [0.29, 0.717) is 31.4 Å². The van der Waals surface area contributed by atoms with E-state index >= 15 is 0 Å². The summed E-state index contributed by atoms with van der Waals surface area (Å²) >= 11 is 0. The second-order valence-corrected chi connectivity index (χ2v) is 8.47. The third kappa shape index (κ3) is 11.0. The van der Waals surface area contributed by atoms with E-state index in [1.54, 1.807) is 19.1 Å². The van der Waals surface area contributed by atoms with Crippen LogP contribution in [0.4, 0.5) is 0 Å². The zero-order valence-corrected chi connectivity index (χ0v) is 20.6. The number of hydrogen-bond acceptors (Lipinski definition) is 7. The molecule has 0 aliphatic rings. The molecule has 13 nitrogen and oxygen atoms in total. The van der Waals surface area contributed by atoms with Gasteiger partial charge in [-0.3, -0.25) is 19.4 Å². The summed E-state index contributed by atoms with van der Waals surface area (Å²) in [6.07, 6.45) is 1.30. The van der Waals surface area contributed by atoms with E-state index in [1.165, 1.54) is 12.1 Å². The molecule has 4 atom stereocenters. The highest BCUT2D eigenvalue weighted by atomic mass is 16.4. The summed E-state index contributed by atoms with van der Waals surface area (Å²) in [5.41, 5.74) is 16.9. The van der Waals surface area contributed by atoms with Gasteiger partial charge in [-0.2, -0.15) is 0 Å². The smallest absolute Gasteiger partial charge is 0.326 e. The first-order chi connectivity index (χ1) is 16.9. The van der Waals surface area contributed by atoms with Crippen LogP contribution < -0.4 is 33.2 Å². The van der Waals surface area contributed by atoms with Gasteiger partial charge >= 0.3 is 5.97 Å². The van der Waals surface area contributed by atoms with Gasteiger partial charge in [-0.1, -0.05) is 32.4 Å². The van der Waals surface area contributed by atoms with Crippen LogP contribution in [0, 0.1) is 5.92 Å². The predicted octanol–water partition coefficient (Wildman–Crippen LogP) is -1.47. The Morgan fingerprint density at radius 1 is 1.06 bits per heavy atom. The van der Waals surface area contributed by atoms with Crippen LogP contribution in [0.5, 0.6) is 5.75 Å². The van der Waals surface area contributed by atoms with E-state index in [9.17, 15) is 29.4 Å². The van der Waals surface area contributed by atoms with E-state index < -0.39 is 48.4 Å². The SMILES string of the molecule is CCC(C)C(NC(=O)CNC(=O)C(N)CCCN=C(N)N)C(=O)NC(Cc1ccc(O)cc1)C(=O)O. The Balaban J connectivity index is 2.69. The molecule has 13 heteroatoms. The fraction of sp³-hybridized carbons (Fsp3) is 0.522. The third-order valence-corrected chi connectivity index (χ3v) is 5.53. The summed E-state index contributed by atoms with van der Waals surface area (Å²) in [6, 6.07) is 2.82. The van der Waals surface area contributed by atoms with Crippen LogP contribution in [0.2, 0.25) is 0 Å². The highest BCUT2D eigenvalue weighted by Crippen LogP contribution is 2.13. The Morgan fingerprint density at radius 2 is 1.69 bits per heavy atom. The number of aliphatic carboxylic acids is 1. The highest BCUT2D eigenvalue weighted by molar-refractivity contribution is 5.92. The summed E-state index contributed by atoms with van der Waals surface area (Å²) in [6.45, 7) is 3.48. The van der Waals surface area contributed by atoms with Gasteiger partial charge in [0.2, 0.25) is 17.7 Å². The zero-order valence-electron chi connectivity index (χ0n) is 20.6. The number of amides is 3. The van der Waals surface area contributed by atoms with Crippen molar-refractivity contribution in [3.8, 4) is 5.75 Å². The van der Waals surface area contributed by atoms with E-state index in [0.717, 1.165) is 0 Å². The van der Waals surface area contributed by atoms with Crippen LogP contribution >= 0.6 is 0 Å². The molecule has 4 unspecified atom stereocenters. The molecule has 1 aromatic rings. The van der Waals surface area contributed by atoms with Crippen molar-refractivity contribution >= 4 is 29.7 Å². The van der Waals surface area contributed by atoms with Gasteiger partial charge in [0.15, 0.2) is 5.96 Å². The summed E-state index contributed by atoms with van der Waals surface area (Å²) in [5.74, 6) is -3.40. The van der Waals surface area contributed by atoms with Gasteiger partial charge in [-0.25, -0.2) is 4.79 Å². The minimum atomic E-state index is -1.25. The Labute approximate surface area is 209 Å². The fourth-order valence-electron chi connectivity index (χ4n) is 3.20. The van der Waals surface area contributed by atoms with Crippen molar-refractivity contribution in [3.63, 3.8) is 0 Å².